The first-order valence-electron chi connectivity index (χ1n) is 8.25. The Hall–Kier alpha value is -2.02. The van der Waals surface area contributed by atoms with Crippen molar-refractivity contribution >= 4 is 12.0 Å². The smallest absolute Gasteiger partial charge is 0.471 e. The molecule has 0 heterocycles. The van der Waals surface area contributed by atoms with E-state index in [1.807, 2.05) is 0 Å². The molecule has 1 aromatic carbocycles. The molecule has 0 atom stereocenters. The zero-order chi connectivity index (χ0) is 18.3. The van der Waals surface area contributed by atoms with Crippen molar-refractivity contribution in [3.63, 3.8) is 0 Å². The molecule has 1 fully saturated rings. The normalized spacial score (nSPS) is 17.4. The summed E-state index contributed by atoms with van der Waals surface area (Å²) in [4.78, 5) is 10.7. The first kappa shape index (κ1) is 19.3. The van der Waals surface area contributed by atoms with E-state index in [2.05, 4.69) is 0 Å². The highest BCUT2D eigenvalue weighted by Crippen LogP contribution is 2.29. The number of aliphatic hydroxyl groups is 1. The Morgan fingerprint density at radius 3 is 2.68 bits per heavy atom. The lowest BCUT2D eigenvalue weighted by atomic mass is 9.85. The number of alkyl halides is 3. The molecule has 138 valence electrons. The van der Waals surface area contributed by atoms with Crippen molar-refractivity contribution in [3.8, 4) is 5.75 Å². The number of hydrogen-bond acceptors (Lipinski definition) is 3. The van der Waals surface area contributed by atoms with Crippen LogP contribution in [0.3, 0.4) is 0 Å². The summed E-state index contributed by atoms with van der Waals surface area (Å²) in [5.74, 6) is -1.38. The molecule has 0 aromatic heterocycles. The Bertz CT molecular complexity index is 608. The van der Waals surface area contributed by atoms with Gasteiger partial charge in [0.05, 0.1) is 5.60 Å². The summed E-state index contributed by atoms with van der Waals surface area (Å²) in [6.45, 7) is 0.00495. The van der Waals surface area contributed by atoms with Gasteiger partial charge in [0, 0.05) is 6.54 Å². The molecule has 7 heteroatoms. The van der Waals surface area contributed by atoms with Crippen molar-refractivity contribution in [2.24, 2.45) is 0 Å². The van der Waals surface area contributed by atoms with E-state index in [0.717, 1.165) is 37.7 Å². The highest BCUT2D eigenvalue weighted by molar-refractivity contribution is 5.81. The standard InChI is InChI=1S/C18H22F3NO3/c19-18(20,21)16(23)22-11-5-7-14-6-4-8-15(12-14)25-13-17(24)9-2-1-3-10-17/h4-8,12,24H,1-3,9-11,13H2,(H,22,23). The van der Waals surface area contributed by atoms with Crippen LogP contribution >= 0.6 is 0 Å². The van der Waals surface area contributed by atoms with Gasteiger partial charge in [0.1, 0.15) is 12.4 Å². The monoisotopic (exact) mass is 357 g/mol. The van der Waals surface area contributed by atoms with Gasteiger partial charge in [-0.3, -0.25) is 4.79 Å². The third-order valence-electron chi connectivity index (χ3n) is 4.10. The Morgan fingerprint density at radius 2 is 2.00 bits per heavy atom. The van der Waals surface area contributed by atoms with Crippen molar-refractivity contribution in [3.05, 3.63) is 35.9 Å². The minimum atomic E-state index is -4.87. The van der Waals surface area contributed by atoms with E-state index in [0.29, 0.717) is 5.75 Å². The summed E-state index contributed by atoms with van der Waals surface area (Å²) in [5, 5.41) is 12.2. The maximum absolute atomic E-state index is 12.0. The average Bonchev–Trinajstić information content (AvgIpc) is 2.57. The van der Waals surface area contributed by atoms with Gasteiger partial charge in [-0.25, -0.2) is 0 Å². The van der Waals surface area contributed by atoms with Crippen LogP contribution in [0, 0.1) is 0 Å². The average molecular weight is 357 g/mol. The first-order chi connectivity index (χ1) is 11.8. The minimum absolute atomic E-state index is 0.219. The topological polar surface area (TPSA) is 58.6 Å². The molecule has 0 aliphatic heterocycles. The van der Waals surface area contributed by atoms with Gasteiger partial charge in [0.2, 0.25) is 0 Å². The number of halogens is 3. The van der Waals surface area contributed by atoms with Crippen LogP contribution in [0.5, 0.6) is 5.75 Å². The Balaban J connectivity index is 1.84. The van der Waals surface area contributed by atoms with Crippen LogP contribution in [0.15, 0.2) is 30.3 Å². The van der Waals surface area contributed by atoms with Crippen molar-refractivity contribution in [2.75, 3.05) is 13.2 Å². The lowest BCUT2D eigenvalue weighted by molar-refractivity contribution is -0.173. The van der Waals surface area contributed by atoms with Crippen LogP contribution in [-0.4, -0.2) is 35.9 Å². The number of benzene rings is 1. The summed E-state index contributed by atoms with van der Waals surface area (Å²) in [7, 11) is 0. The summed E-state index contributed by atoms with van der Waals surface area (Å²) in [6.07, 6.45) is 2.72. The second-order valence-corrected chi connectivity index (χ2v) is 6.26. The molecule has 1 amide bonds. The van der Waals surface area contributed by atoms with Crippen LogP contribution < -0.4 is 10.1 Å². The second-order valence-electron chi connectivity index (χ2n) is 6.26. The number of hydrogen-bond donors (Lipinski definition) is 2. The van der Waals surface area contributed by atoms with Gasteiger partial charge in [-0.05, 0) is 30.5 Å². The van der Waals surface area contributed by atoms with E-state index in [1.54, 1.807) is 35.7 Å². The fourth-order valence-corrected chi connectivity index (χ4v) is 2.73. The van der Waals surface area contributed by atoms with Gasteiger partial charge in [-0.2, -0.15) is 13.2 Å². The number of carbonyl (C=O) groups is 1. The molecule has 1 aliphatic rings. The zero-order valence-electron chi connectivity index (χ0n) is 13.8. The molecule has 25 heavy (non-hydrogen) atoms. The third kappa shape index (κ3) is 6.42. The van der Waals surface area contributed by atoms with Crippen molar-refractivity contribution in [1.82, 2.24) is 5.32 Å². The van der Waals surface area contributed by atoms with Gasteiger partial charge >= 0.3 is 12.1 Å². The molecule has 0 radical (unpaired) electrons. The first-order valence-corrected chi connectivity index (χ1v) is 8.25. The molecule has 1 aliphatic carbocycles. The maximum atomic E-state index is 12.0. The highest BCUT2D eigenvalue weighted by Gasteiger charge is 2.38. The predicted octanol–water partition coefficient (Wildman–Crippen LogP) is 3.45. The van der Waals surface area contributed by atoms with Gasteiger partial charge in [-0.15, -0.1) is 0 Å². The molecule has 2 rings (SSSR count). The lowest BCUT2D eigenvalue weighted by Crippen LogP contribution is -2.37. The molecule has 0 bridgehead atoms. The van der Waals surface area contributed by atoms with Gasteiger partial charge in [-0.1, -0.05) is 43.5 Å². The molecule has 2 N–H and O–H groups in total. The maximum Gasteiger partial charge on any atom is 0.471 e. The van der Waals surface area contributed by atoms with Gasteiger partial charge in [0.15, 0.2) is 0 Å². The van der Waals surface area contributed by atoms with Crippen LogP contribution in [0.25, 0.3) is 6.08 Å². The third-order valence-corrected chi connectivity index (χ3v) is 4.10. The van der Waals surface area contributed by atoms with E-state index in [9.17, 15) is 23.1 Å². The molecule has 0 unspecified atom stereocenters. The number of nitrogens with one attached hydrogen (secondary N) is 1. The summed E-state index contributed by atoms with van der Waals surface area (Å²) in [6, 6.07) is 7.02. The molecular weight excluding hydrogens is 335 g/mol. The summed E-state index contributed by atoms with van der Waals surface area (Å²) < 4.78 is 41.8. The highest BCUT2D eigenvalue weighted by atomic mass is 19.4. The Labute approximate surface area is 144 Å². The second kappa shape index (κ2) is 8.38. The number of rotatable bonds is 6. The molecule has 0 saturated heterocycles. The number of carbonyl (C=O) groups excluding carboxylic acids is 1. The number of amides is 1. The van der Waals surface area contributed by atoms with E-state index >= 15 is 0 Å². The van der Waals surface area contributed by atoms with E-state index < -0.39 is 17.7 Å². The van der Waals surface area contributed by atoms with Crippen LogP contribution in [0.2, 0.25) is 0 Å². The van der Waals surface area contributed by atoms with Crippen LogP contribution in [0.4, 0.5) is 13.2 Å². The van der Waals surface area contributed by atoms with Crippen LogP contribution in [0.1, 0.15) is 37.7 Å². The van der Waals surface area contributed by atoms with Crippen molar-refractivity contribution in [2.45, 2.75) is 43.9 Å². The molecule has 4 nitrogen and oxygen atoms in total. The van der Waals surface area contributed by atoms with Crippen molar-refractivity contribution in [1.29, 1.82) is 0 Å². The van der Waals surface area contributed by atoms with E-state index in [1.165, 1.54) is 6.08 Å². The minimum Gasteiger partial charge on any atom is -0.491 e. The molecule has 0 spiro atoms. The Kier molecular flexibility index (Phi) is 6.47. The molecule has 1 saturated carbocycles. The number of ether oxygens (including phenoxy) is 1. The quantitative estimate of drug-likeness (QED) is 0.820. The Morgan fingerprint density at radius 1 is 1.28 bits per heavy atom. The largest absolute Gasteiger partial charge is 0.491 e. The fourth-order valence-electron chi connectivity index (χ4n) is 2.73. The summed E-state index contributed by atoms with van der Waals surface area (Å²) >= 11 is 0. The van der Waals surface area contributed by atoms with Gasteiger partial charge < -0.3 is 15.2 Å². The SMILES string of the molecule is O=C(NCC=Cc1cccc(OCC2(O)CCCCC2)c1)C(F)(F)F. The summed E-state index contributed by atoms with van der Waals surface area (Å²) in [5.41, 5.74) is -0.0548. The lowest BCUT2D eigenvalue weighted by Gasteiger charge is -2.31. The van der Waals surface area contributed by atoms with Crippen molar-refractivity contribution < 1.29 is 27.8 Å². The molecular formula is C18H22F3NO3. The fraction of sp³-hybridized carbons (Fsp3) is 0.500. The zero-order valence-corrected chi connectivity index (χ0v) is 13.8. The molecule has 1 aromatic rings. The van der Waals surface area contributed by atoms with E-state index in [4.69, 9.17) is 4.74 Å². The van der Waals surface area contributed by atoms with Crippen LogP contribution in [-0.2, 0) is 4.79 Å². The van der Waals surface area contributed by atoms with E-state index in [-0.39, 0.29) is 13.2 Å². The predicted molar refractivity (Wildman–Crippen MR) is 88.1 cm³/mol. The van der Waals surface area contributed by atoms with Gasteiger partial charge in [0.25, 0.3) is 0 Å².